The van der Waals surface area contributed by atoms with E-state index >= 15 is 0 Å². The van der Waals surface area contributed by atoms with Gasteiger partial charge in [0.25, 0.3) is 11.8 Å². The molecule has 43 heavy (non-hydrogen) atoms. The van der Waals surface area contributed by atoms with Crippen molar-refractivity contribution in [2.45, 2.75) is 45.1 Å². The normalized spacial score (nSPS) is 18.8. The van der Waals surface area contributed by atoms with Crippen molar-refractivity contribution in [1.82, 2.24) is 20.4 Å². The van der Waals surface area contributed by atoms with Crippen molar-refractivity contribution in [2.24, 2.45) is 0 Å². The molecule has 0 aliphatic carbocycles. The molecule has 0 aromatic heterocycles. The predicted molar refractivity (Wildman–Crippen MR) is 157 cm³/mol. The lowest BCUT2D eigenvalue weighted by Gasteiger charge is -2.25. The maximum absolute atomic E-state index is 13.3. The zero-order valence-corrected chi connectivity index (χ0v) is 25.0. The summed E-state index contributed by atoms with van der Waals surface area (Å²) >= 11 is 0. The number of benzene rings is 2. The van der Waals surface area contributed by atoms with Gasteiger partial charge in [0.1, 0.15) is 6.04 Å². The minimum Gasteiger partial charge on any atom is -0.493 e. The van der Waals surface area contributed by atoms with Crippen molar-refractivity contribution in [1.29, 1.82) is 0 Å². The average Bonchev–Trinajstić information content (AvgIpc) is 3.48. The number of hydrogen-bond donors (Lipinski definition) is 2. The molecule has 0 saturated carbocycles. The maximum atomic E-state index is 13.3. The third-order valence-corrected chi connectivity index (χ3v) is 7.39. The molecule has 5 rings (SSSR count). The zero-order valence-electron chi connectivity index (χ0n) is 25.0. The number of nitrogens with zero attached hydrogens (tertiary/aromatic N) is 2. The predicted octanol–water partition coefficient (Wildman–Crippen LogP) is 2.14. The number of carbonyl (C=O) groups excluding carboxylic acids is 4. The molecule has 3 aliphatic heterocycles. The van der Waals surface area contributed by atoms with Crippen molar-refractivity contribution >= 4 is 23.6 Å². The van der Waals surface area contributed by atoms with Crippen LogP contribution < -0.4 is 29.6 Å². The van der Waals surface area contributed by atoms with Crippen LogP contribution in [0.2, 0.25) is 0 Å². The van der Waals surface area contributed by atoms with E-state index in [0.29, 0.717) is 86.8 Å². The smallest absolute Gasteiger partial charge is 0.258 e. The second-order valence-electron chi connectivity index (χ2n) is 10.6. The summed E-state index contributed by atoms with van der Waals surface area (Å²) in [6, 6.07) is 9.64. The molecule has 0 saturated heterocycles. The molecule has 4 amide bonds. The number of hydrogen-bond acceptors (Lipinski definition) is 8. The van der Waals surface area contributed by atoms with Gasteiger partial charge in [-0.1, -0.05) is 6.07 Å². The van der Waals surface area contributed by atoms with Gasteiger partial charge in [-0.25, -0.2) is 0 Å². The highest BCUT2D eigenvalue weighted by atomic mass is 16.7. The lowest BCUT2D eigenvalue weighted by atomic mass is 10.1. The van der Waals surface area contributed by atoms with Crippen LogP contribution in [0.3, 0.4) is 0 Å². The van der Waals surface area contributed by atoms with Crippen LogP contribution >= 0.6 is 0 Å². The molecule has 3 aliphatic rings. The van der Waals surface area contributed by atoms with Crippen LogP contribution in [0.25, 0.3) is 0 Å². The standard InChI is InChI=1S/C31H40N4O8/c1-21-31(39)34(2)14-4-5-15-35(29(37)12-8-22-7-10-25-27(17-22)43-20-42-25)16-6-13-32-30(38)23-9-11-24(26(18-23)40-3)41-19-28(36)33-21/h7,9-11,17-18,21H,4-6,8,12-16,19-20H2,1-3H3,(H,32,38)(H,33,36)/t21-/m0/s1. The molecule has 12 nitrogen and oxygen atoms in total. The molecule has 232 valence electrons. The van der Waals surface area contributed by atoms with E-state index in [4.69, 9.17) is 18.9 Å². The first kappa shape index (κ1) is 31.5. The van der Waals surface area contributed by atoms with Crippen LogP contribution in [-0.4, -0.2) is 93.2 Å². The number of aryl methyl sites for hydroxylation is 1. The molecule has 2 N–H and O–H groups in total. The number of fused-ring (bicyclic) bond motifs is 19. The van der Waals surface area contributed by atoms with Gasteiger partial charge in [0, 0.05) is 45.2 Å². The quantitative estimate of drug-likeness (QED) is 0.513. The average molecular weight is 597 g/mol. The van der Waals surface area contributed by atoms with E-state index < -0.39 is 11.9 Å². The van der Waals surface area contributed by atoms with E-state index in [0.717, 1.165) is 5.56 Å². The summed E-state index contributed by atoms with van der Waals surface area (Å²) in [4.78, 5) is 54.8. The maximum Gasteiger partial charge on any atom is 0.258 e. The Balaban J connectivity index is 1.42. The van der Waals surface area contributed by atoms with Crippen molar-refractivity contribution in [2.75, 3.05) is 53.7 Å². The Bertz CT molecular complexity index is 1320. The van der Waals surface area contributed by atoms with Gasteiger partial charge in [-0.2, -0.15) is 0 Å². The summed E-state index contributed by atoms with van der Waals surface area (Å²) in [6.45, 7) is 3.37. The van der Waals surface area contributed by atoms with Crippen LogP contribution in [-0.2, 0) is 20.8 Å². The van der Waals surface area contributed by atoms with Gasteiger partial charge in [0.2, 0.25) is 18.6 Å². The number of nitrogens with one attached hydrogen (secondary N) is 2. The summed E-state index contributed by atoms with van der Waals surface area (Å²) in [7, 11) is 3.14. The van der Waals surface area contributed by atoms with Gasteiger partial charge in [0.15, 0.2) is 29.6 Å². The number of amides is 4. The summed E-state index contributed by atoms with van der Waals surface area (Å²) in [6.07, 6.45) is 2.84. The summed E-state index contributed by atoms with van der Waals surface area (Å²) in [5.41, 5.74) is 1.36. The molecule has 0 radical (unpaired) electrons. The Morgan fingerprint density at radius 2 is 1.70 bits per heavy atom. The zero-order chi connectivity index (χ0) is 30.8. The molecule has 0 unspecified atom stereocenters. The van der Waals surface area contributed by atoms with E-state index in [2.05, 4.69) is 10.6 Å². The first-order valence-electron chi connectivity index (χ1n) is 14.5. The Hall–Kier alpha value is -4.48. The van der Waals surface area contributed by atoms with Gasteiger partial charge < -0.3 is 39.4 Å². The molecule has 0 spiro atoms. The largest absolute Gasteiger partial charge is 0.493 e. The van der Waals surface area contributed by atoms with Gasteiger partial charge in [0.05, 0.1) is 7.11 Å². The second kappa shape index (κ2) is 15.1. The number of ether oxygens (including phenoxy) is 4. The summed E-state index contributed by atoms with van der Waals surface area (Å²) < 4.78 is 21.8. The minimum atomic E-state index is -0.738. The number of carbonyl (C=O) groups is 4. The first-order chi connectivity index (χ1) is 20.7. The van der Waals surface area contributed by atoms with Crippen LogP contribution in [0.15, 0.2) is 36.4 Å². The van der Waals surface area contributed by atoms with Crippen molar-refractivity contribution < 1.29 is 38.1 Å². The van der Waals surface area contributed by atoms with Crippen LogP contribution in [0.1, 0.15) is 48.5 Å². The van der Waals surface area contributed by atoms with Crippen molar-refractivity contribution in [3.63, 3.8) is 0 Å². The van der Waals surface area contributed by atoms with E-state index in [1.165, 1.54) is 13.2 Å². The molecular weight excluding hydrogens is 556 g/mol. The van der Waals surface area contributed by atoms with Gasteiger partial charge in [-0.15, -0.1) is 0 Å². The Kier molecular flexibility index (Phi) is 11.1. The van der Waals surface area contributed by atoms with Gasteiger partial charge >= 0.3 is 0 Å². The monoisotopic (exact) mass is 596 g/mol. The SMILES string of the molecule is COc1cc2ccc1OCC(=O)N[C@@H](C)C(=O)N(C)CCCCN(C(=O)CCc1ccc3c(c1)OCO3)CCCNC2=O. The molecule has 2 bridgehead atoms. The van der Waals surface area contributed by atoms with E-state index in [-0.39, 0.29) is 31.1 Å². The van der Waals surface area contributed by atoms with Gasteiger partial charge in [-0.3, -0.25) is 19.2 Å². The fourth-order valence-electron chi connectivity index (χ4n) is 4.95. The topological polar surface area (TPSA) is 136 Å². The highest BCUT2D eigenvalue weighted by Gasteiger charge is 2.21. The molecule has 0 fully saturated rings. The van der Waals surface area contributed by atoms with Crippen molar-refractivity contribution in [3.8, 4) is 23.0 Å². The Labute approximate surface area is 251 Å². The number of rotatable bonds is 4. The van der Waals surface area contributed by atoms with Crippen LogP contribution in [0.5, 0.6) is 23.0 Å². The third-order valence-electron chi connectivity index (χ3n) is 7.39. The van der Waals surface area contributed by atoms with Gasteiger partial charge in [-0.05, 0) is 68.5 Å². The fourth-order valence-corrected chi connectivity index (χ4v) is 4.95. The Morgan fingerprint density at radius 1 is 0.953 bits per heavy atom. The third kappa shape index (κ3) is 8.76. The number of likely N-dealkylation sites (N-methyl/N-ethyl adjacent to an activating group) is 1. The molecular formula is C31H40N4O8. The lowest BCUT2D eigenvalue weighted by molar-refractivity contribution is -0.135. The highest BCUT2D eigenvalue weighted by molar-refractivity contribution is 5.95. The molecule has 12 heteroatoms. The highest BCUT2D eigenvalue weighted by Crippen LogP contribution is 2.33. The van der Waals surface area contributed by atoms with E-state index in [1.807, 2.05) is 23.1 Å². The fraction of sp³-hybridized carbons (Fsp3) is 0.484. The van der Waals surface area contributed by atoms with Crippen LogP contribution in [0, 0.1) is 0 Å². The first-order valence-corrected chi connectivity index (χ1v) is 14.5. The summed E-state index contributed by atoms with van der Waals surface area (Å²) in [5.74, 6) is 1.04. The molecule has 3 heterocycles. The molecule has 2 aromatic carbocycles. The summed E-state index contributed by atoms with van der Waals surface area (Å²) in [5, 5.41) is 5.56. The van der Waals surface area contributed by atoms with E-state index in [1.54, 1.807) is 31.0 Å². The lowest BCUT2D eigenvalue weighted by Crippen LogP contribution is -2.47. The van der Waals surface area contributed by atoms with E-state index in [9.17, 15) is 19.2 Å². The minimum absolute atomic E-state index is 0.0171. The van der Waals surface area contributed by atoms with Crippen LogP contribution in [0.4, 0.5) is 0 Å². The number of methoxy groups -OCH3 is 1. The van der Waals surface area contributed by atoms with Crippen molar-refractivity contribution in [3.05, 3.63) is 47.5 Å². The Morgan fingerprint density at radius 3 is 2.51 bits per heavy atom. The molecule has 2 aromatic rings. The molecule has 1 atom stereocenters. The second-order valence-corrected chi connectivity index (χ2v) is 10.6.